The van der Waals surface area contributed by atoms with E-state index >= 15 is 0 Å². The molecule has 0 aliphatic carbocycles. The van der Waals surface area contributed by atoms with Crippen molar-refractivity contribution in [1.82, 2.24) is 0 Å². The van der Waals surface area contributed by atoms with Crippen molar-refractivity contribution in [1.29, 1.82) is 0 Å². The number of hydrogen-bond acceptors (Lipinski definition) is 4. The number of benzene rings is 2. The highest BCUT2D eigenvalue weighted by atomic mass is 16.4. The second-order valence-electron chi connectivity index (χ2n) is 4.11. The largest absolute Gasteiger partial charge is 0.508 e. The van der Waals surface area contributed by atoms with E-state index < -0.39 is 11.9 Å². The van der Waals surface area contributed by atoms with Crippen LogP contribution in [0.1, 0.15) is 20.7 Å². The van der Waals surface area contributed by atoms with Crippen molar-refractivity contribution in [3.05, 3.63) is 53.6 Å². The van der Waals surface area contributed by atoms with Crippen LogP contribution in [0.15, 0.2) is 42.5 Å². The SMILES string of the molecule is Nc1ccc(NC(=O)c2ccc(O)cc2)c(C(=O)O)c1. The minimum Gasteiger partial charge on any atom is -0.508 e. The molecule has 0 saturated carbocycles. The van der Waals surface area contributed by atoms with Crippen molar-refractivity contribution in [3.63, 3.8) is 0 Å². The lowest BCUT2D eigenvalue weighted by atomic mass is 10.1. The van der Waals surface area contributed by atoms with Crippen LogP contribution in [0, 0.1) is 0 Å². The number of nitrogen functional groups attached to an aromatic ring is 1. The second kappa shape index (κ2) is 5.31. The summed E-state index contributed by atoms with van der Waals surface area (Å²) in [5.41, 5.74) is 6.19. The molecule has 2 aromatic carbocycles. The maximum absolute atomic E-state index is 12.0. The summed E-state index contributed by atoms with van der Waals surface area (Å²) in [5.74, 6) is -1.61. The minimum absolute atomic E-state index is 0.0419. The first-order valence-corrected chi connectivity index (χ1v) is 5.70. The molecule has 6 nitrogen and oxygen atoms in total. The molecule has 2 rings (SSSR count). The van der Waals surface area contributed by atoms with Gasteiger partial charge in [-0.15, -0.1) is 0 Å². The maximum Gasteiger partial charge on any atom is 0.337 e. The molecule has 0 atom stereocenters. The van der Waals surface area contributed by atoms with E-state index in [0.717, 1.165) is 0 Å². The number of rotatable bonds is 3. The van der Waals surface area contributed by atoms with Gasteiger partial charge in [-0.3, -0.25) is 4.79 Å². The molecule has 0 aliphatic heterocycles. The number of anilines is 2. The van der Waals surface area contributed by atoms with Gasteiger partial charge in [-0.1, -0.05) is 0 Å². The summed E-state index contributed by atoms with van der Waals surface area (Å²) in [6.45, 7) is 0. The number of carboxylic acid groups (broad SMARTS) is 1. The number of phenols is 1. The van der Waals surface area contributed by atoms with Crippen LogP contribution in [0.5, 0.6) is 5.75 Å². The van der Waals surface area contributed by atoms with Crippen molar-refractivity contribution in [3.8, 4) is 5.75 Å². The highest BCUT2D eigenvalue weighted by molar-refractivity contribution is 6.08. The Morgan fingerprint density at radius 1 is 1.05 bits per heavy atom. The molecule has 0 heterocycles. The molecule has 0 radical (unpaired) electrons. The Hall–Kier alpha value is -3.02. The van der Waals surface area contributed by atoms with Crippen molar-refractivity contribution in [2.24, 2.45) is 0 Å². The van der Waals surface area contributed by atoms with Crippen LogP contribution in [-0.4, -0.2) is 22.1 Å². The van der Waals surface area contributed by atoms with Gasteiger partial charge < -0.3 is 21.3 Å². The zero-order chi connectivity index (χ0) is 14.7. The van der Waals surface area contributed by atoms with Gasteiger partial charge in [0.1, 0.15) is 5.75 Å². The molecule has 5 N–H and O–H groups in total. The molecule has 0 bridgehead atoms. The summed E-state index contributed by atoms with van der Waals surface area (Å²) in [4.78, 5) is 23.1. The van der Waals surface area contributed by atoms with Gasteiger partial charge in [0, 0.05) is 11.3 Å². The van der Waals surface area contributed by atoms with Gasteiger partial charge >= 0.3 is 5.97 Å². The number of aromatic carboxylic acids is 1. The molecule has 20 heavy (non-hydrogen) atoms. The predicted molar refractivity (Wildman–Crippen MR) is 73.9 cm³/mol. The molecule has 0 saturated heterocycles. The first-order chi connectivity index (χ1) is 9.47. The van der Waals surface area contributed by atoms with E-state index in [2.05, 4.69) is 5.32 Å². The molecule has 0 fully saturated rings. The number of carbonyl (C=O) groups excluding carboxylic acids is 1. The van der Waals surface area contributed by atoms with Gasteiger partial charge in [0.15, 0.2) is 0 Å². The minimum atomic E-state index is -1.18. The van der Waals surface area contributed by atoms with E-state index in [0.29, 0.717) is 11.3 Å². The van der Waals surface area contributed by atoms with Gasteiger partial charge in [0.05, 0.1) is 11.3 Å². The third-order valence-corrected chi connectivity index (χ3v) is 2.65. The monoisotopic (exact) mass is 272 g/mol. The van der Waals surface area contributed by atoms with Gasteiger partial charge in [-0.05, 0) is 42.5 Å². The molecule has 0 spiro atoms. The average molecular weight is 272 g/mol. The van der Waals surface area contributed by atoms with Crippen LogP contribution in [0.3, 0.4) is 0 Å². The summed E-state index contributed by atoms with van der Waals surface area (Å²) in [5, 5.41) is 20.7. The lowest BCUT2D eigenvalue weighted by Gasteiger charge is -2.09. The van der Waals surface area contributed by atoms with E-state index in [1.807, 2.05) is 0 Å². The van der Waals surface area contributed by atoms with Gasteiger partial charge in [-0.25, -0.2) is 4.79 Å². The van der Waals surface area contributed by atoms with E-state index in [1.165, 1.54) is 42.5 Å². The van der Waals surface area contributed by atoms with E-state index in [1.54, 1.807) is 0 Å². The van der Waals surface area contributed by atoms with E-state index in [-0.39, 0.29) is 17.0 Å². The number of carboxylic acids is 1. The number of aromatic hydroxyl groups is 1. The van der Waals surface area contributed by atoms with Crippen LogP contribution in [0.2, 0.25) is 0 Å². The first kappa shape index (κ1) is 13.4. The molecule has 102 valence electrons. The zero-order valence-electron chi connectivity index (χ0n) is 10.3. The molecular weight excluding hydrogens is 260 g/mol. The molecule has 0 aliphatic rings. The first-order valence-electron chi connectivity index (χ1n) is 5.70. The van der Waals surface area contributed by atoms with Crippen molar-refractivity contribution >= 4 is 23.3 Å². The lowest BCUT2D eigenvalue weighted by molar-refractivity contribution is 0.0698. The number of amides is 1. The Morgan fingerprint density at radius 3 is 2.30 bits per heavy atom. The topological polar surface area (TPSA) is 113 Å². The zero-order valence-corrected chi connectivity index (χ0v) is 10.3. The van der Waals surface area contributed by atoms with Crippen molar-refractivity contribution in [2.75, 3.05) is 11.1 Å². The number of phenolic OH excluding ortho intramolecular Hbond substituents is 1. The third kappa shape index (κ3) is 2.86. The quantitative estimate of drug-likeness (QED) is 0.638. The van der Waals surface area contributed by atoms with Crippen LogP contribution in [0.25, 0.3) is 0 Å². The fourth-order valence-electron chi connectivity index (χ4n) is 1.66. The Labute approximate surface area is 114 Å². The third-order valence-electron chi connectivity index (χ3n) is 2.65. The predicted octanol–water partition coefficient (Wildman–Crippen LogP) is 1.92. The smallest absolute Gasteiger partial charge is 0.337 e. The van der Waals surface area contributed by atoms with E-state index in [9.17, 15) is 9.59 Å². The summed E-state index contributed by atoms with van der Waals surface area (Å²) >= 11 is 0. The Balaban J connectivity index is 2.28. The van der Waals surface area contributed by atoms with Crippen molar-refractivity contribution < 1.29 is 19.8 Å². The molecule has 2 aromatic rings. The van der Waals surface area contributed by atoms with Crippen LogP contribution >= 0.6 is 0 Å². The number of hydrogen-bond donors (Lipinski definition) is 4. The normalized spacial score (nSPS) is 10.0. The molecule has 0 unspecified atom stereocenters. The lowest BCUT2D eigenvalue weighted by Crippen LogP contribution is -2.15. The number of nitrogens with two attached hydrogens (primary N) is 1. The summed E-state index contributed by atoms with van der Waals surface area (Å²) < 4.78 is 0. The molecule has 6 heteroatoms. The Bertz CT molecular complexity index is 665. The summed E-state index contributed by atoms with van der Waals surface area (Å²) in [7, 11) is 0. The highest BCUT2D eigenvalue weighted by Gasteiger charge is 2.14. The van der Waals surface area contributed by atoms with E-state index in [4.69, 9.17) is 15.9 Å². The maximum atomic E-state index is 12.0. The standard InChI is InChI=1S/C14H12N2O4/c15-9-3-6-12(11(7-9)14(19)20)16-13(18)8-1-4-10(17)5-2-8/h1-7,17H,15H2,(H,16,18)(H,19,20). The van der Waals surface area contributed by atoms with Gasteiger partial charge in [-0.2, -0.15) is 0 Å². The number of carbonyl (C=O) groups is 2. The van der Waals surface area contributed by atoms with Gasteiger partial charge in [0.25, 0.3) is 5.91 Å². The highest BCUT2D eigenvalue weighted by Crippen LogP contribution is 2.20. The fourth-order valence-corrected chi connectivity index (χ4v) is 1.66. The van der Waals surface area contributed by atoms with Crippen LogP contribution in [-0.2, 0) is 0 Å². The molecular formula is C14H12N2O4. The molecule has 0 aromatic heterocycles. The Kier molecular flexibility index (Phi) is 3.56. The van der Waals surface area contributed by atoms with Crippen molar-refractivity contribution in [2.45, 2.75) is 0 Å². The summed E-state index contributed by atoms with van der Waals surface area (Å²) in [6, 6.07) is 9.81. The summed E-state index contributed by atoms with van der Waals surface area (Å²) in [6.07, 6.45) is 0. The fraction of sp³-hybridized carbons (Fsp3) is 0. The van der Waals surface area contributed by atoms with Crippen LogP contribution in [0.4, 0.5) is 11.4 Å². The van der Waals surface area contributed by atoms with Gasteiger partial charge in [0.2, 0.25) is 0 Å². The Morgan fingerprint density at radius 2 is 1.70 bits per heavy atom. The second-order valence-corrected chi connectivity index (χ2v) is 4.11. The van der Waals surface area contributed by atoms with Crippen LogP contribution < -0.4 is 11.1 Å². The number of nitrogens with one attached hydrogen (secondary N) is 1. The molecule has 1 amide bonds. The average Bonchev–Trinajstić information content (AvgIpc) is 2.41.